The van der Waals surface area contributed by atoms with Gasteiger partial charge in [0.2, 0.25) is 0 Å². The van der Waals surface area contributed by atoms with Crippen LogP contribution >= 0.6 is 0 Å². The predicted octanol–water partition coefficient (Wildman–Crippen LogP) is -0.504. The van der Waals surface area contributed by atoms with Gasteiger partial charge in [-0.15, -0.1) is 0 Å². The van der Waals surface area contributed by atoms with Crippen LogP contribution in [-0.2, 0) is 9.59 Å². The molecule has 0 unspecified atom stereocenters. The summed E-state index contributed by atoms with van der Waals surface area (Å²) in [5, 5.41) is 9.76. The third-order valence-corrected chi connectivity index (χ3v) is 0.910. The Morgan fingerprint density at radius 3 is 2.22 bits per heavy atom. The second-order valence-electron chi connectivity index (χ2n) is 1.93. The maximum Gasteiger partial charge on any atom is 0.129 e. The zero-order chi connectivity index (χ0) is 7.28. The highest BCUT2D eigenvalue weighted by atomic mass is 16.4. The van der Waals surface area contributed by atoms with E-state index in [1.165, 1.54) is 6.92 Å². The zero-order valence-electron chi connectivity index (χ0n) is 5.35. The summed E-state index contributed by atoms with van der Waals surface area (Å²) in [4.78, 5) is 20.0. The number of hydrogen-bond donors (Lipinski definition) is 0. The molecule has 52 valence electrons. The highest BCUT2D eigenvalue weighted by molar-refractivity contribution is 5.76. The van der Waals surface area contributed by atoms with E-state index in [1.54, 1.807) is 0 Å². The van der Waals surface area contributed by atoms with Gasteiger partial charge in [-0.05, 0) is 19.8 Å². The van der Waals surface area contributed by atoms with E-state index < -0.39 is 5.97 Å². The predicted molar refractivity (Wildman–Crippen MR) is 29.5 cm³/mol. The quantitative estimate of drug-likeness (QED) is 0.514. The van der Waals surface area contributed by atoms with Crippen LogP contribution in [0.4, 0.5) is 0 Å². The van der Waals surface area contributed by atoms with Crippen LogP contribution in [0.3, 0.4) is 0 Å². The van der Waals surface area contributed by atoms with E-state index in [-0.39, 0.29) is 12.2 Å². The molecule has 3 nitrogen and oxygen atoms in total. The van der Waals surface area contributed by atoms with Crippen molar-refractivity contribution in [3.05, 3.63) is 0 Å². The maximum absolute atomic E-state index is 10.2. The van der Waals surface area contributed by atoms with Crippen LogP contribution in [-0.4, -0.2) is 11.8 Å². The normalized spacial score (nSPS) is 9.00. The minimum Gasteiger partial charge on any atom is -0.550 e. The van der Waals surface area contributed by atoms with Crippen molar-refractivity contribution in [2.75, 3.05) is 0 Å². The molecule has 9 heavy (non-hydrogen) atoms. The van der Waals surface area contributed by atoms with Gasteiger partial charge in [-0.2, -0.15) is 0 Å². The number of carboxylic acid groups (broad SMARTS) is 1. The second kappa shape index (κ2) is 4.06. The van der Waals surface area contributed by atoms with Gasteiger partial charge in [0.25, 0.3) is 0 Å². The van der Waals surface area contributed by atoms with Crippen molar-refractivity contribution in [3.63, 3.8) is 0 Å². The molecule has 0 saturated carbocycles. The molecule has 0 amide bonds. The van der Waals surface area contributed by atoms with Gasteiger partial charge in [-0.25, -0.2) is 0 Å². The van der Waals surface area contributed by atoms with Crippen LogP contribution in [0, 0.1) is 0 Å². The van der Waals surface area contributed by atoms with E-state index in [4.69, 9.17) is 0 Å². The van der Waals surface area contributed by atoms with Crippen LogP contribution in [0.2, 0.25) is 0 Å². The van der Waals surface area contributed by atoms with Crippen LogP contribution in [0.5, 0.6) is 0 Å². The summed E-state index contributed by atoms with van der Waals surface area (Å²) in [6, 6.07) is 0. The summed E-state index contributed by atoms with van der Waals surface area (Å²) in [5.74, 6) is -1.06. The molecule has 0 aliphatic heterocycles. The molecule has 3 heteroatoms. The number of Topliss-reactive ketones (excluding diaryl/α,β-unsaturated/α-hetero) is 1. The number of aliphatic carboxylic acids is 1. The van der Waals surface area contributed by atoms with Crippen molar-refractivity contribution < 1.29 is 14.7 Å². The molecule has 0 aliphatic carbocycles. The highest BCUT2D eigenvalue weighted by Crippen LogP contribution is 1.93. The molecule has 0 saturated heterocycles. The minimum absolute atomic E-state index is 0.0143. The summed E-state index contributed by atoms with van der Waals surface area (Å²) in [6.07, 6.45) is 0.727. The van der Waals surface area contributed by atoms with E-state index >= 15 is 0 Å². The lowest BCUT2D eigenvalue weighted by molar-refractivity contribution is -0.305. The Balaban J connectivity index is 3.10. The van der Waals surface area contributed by atoms with Gasteiger partial charge >= 0.3 is 0 Å². The fraction of sp³-hybridized carbons (Fsp3) is 0.667. The van der Waals surface area contributed by atoms with E-state index in [2.05, 4.69) is 0 Å². The Hall–Kier alpha value is -0.860. The Labute approximate surface area is 53.7 Å². The summed E-state index contributed by atoms with van der Waals surface area (Å²) in [6.45, 7) is 1.44. The number of ketones is 1. The standard InChI is InChI=1S/C6H10O3/c1-5(7)3-2-4-6(8)9/h2-4H2,1H3,(H,8,9)/p-1. The van der Waals surface area contributed by atoms with Crippen molar-refractivity contribution in [3.8, 4) is 0 Å². The highest BCUT2D eigenvalue weighted by Gasteiger charge is 1.92. The lowest BCUT2D eigenvalue weighted by Gasteiger charge is -1.97. The first-order valence-corrected chi connectivity index (χ1v) is 2.82. The molecular formula is C6H9O3-. The Morgan fingerprint density at radius 1 is 1.33 bits per heavy atom. The van der Waals surface area contributed by atoms with Crippen LogP contribution in [0.15, 0.2) is 0 Å². The molecule has 0 aromatic carbocycles. The topological polar surface area (TPSA) is 57.2 Å². The molecule has 0 spiro atoms. The second-order valence-corrected chi connectivity index (χ2v) is 1.93. The van der Waals surface area contributed by atoms with E-state index in [1.807, 2.05) is 0 Å². The summed E-state index contributed by atoms with van der Waals surface area (Å²) in [5.41, 5.74) is 0. The van der Waals surface area contributed by atoms with Crippen molar-refractivity contribution >= 4 is 11.8 Å². The SMILES string of the molecule is CC(=O)CCCC(=O)[O-]. The monoisotopic (exact) mass is 129 g/mol. The first-order valence-electron chi connectivity index (χ1n) is 2.82. The van der Waals surface area contributed by atoms with Crippen LogP contribution in [0.25, 0.3) is 0 Å². The third kappa shape index (κ3) is 7.14. The number of carbonyl (C=O) groups excluding carboxylic acids is 2. The summed E-state index contributed by atoms with van der Waals surface area (Å²) >= 11 is 0. The number of carbonyl (C=O) groups is 2. The van der Waals surface area contributed by atoms with Gasteiger partial charge in [-0.1, -0.05) is 0 Å². The number of rotatable bonds is 4. The van der Waals surface area contributed by atoms with Crippen molar-refractivity contribution in [2.24, 2.45) is 0 Å². The Bertz CT molecular complexity index is 103. The van der Waals surface area contributed by atoms with Gasteiger partial charge in [0.15, 0.2) is 0 Å². The first-order chi connectivity index (χ1) is 4.13. The van der Waals surface area contributed by atoms with Crippen LogP contribution < -0.4 is 5.11 Å². The summed E-state index contributed by atoms with van der Waals surface area (Å²) < 4.78 is 0. The lowest BCUT2D eigenvalue weighted by Crippen LogP contribution is -2.21. The molecule has 0 fully saturated rings. The average molecular weight is 129 g/mol. The minimum atomic E-state index is -1.09. The molecule has 0 heterocycles. The molecule has 0 aromatic rings. The van der Waals surface area contributed by atoms with E-state index in [9.17, 15) is 14.7 Å². The van der Waals surface area contributed by atoms with Gasteiger partial charge in [-0.3, -0.25) is 0 Å². The van der Waals surface area contributed by atoms with Crippen molar-refractivity contribution in [1.82, 2.24) is 0 Å². The van der Waals surface area contributed by atoms with E-state index in [0.717, 1.165) is 0 Å². The van der Waals surface area contributed by atoms with Crippen molar-refractivity contribution in [1.29, 1.82) is 0 Å². The molecule has 0 aromatic heterocycles. The Morgan fingerprint density at radius 2 is 1.89 bits per heavy atom. The molecule has 0 aliphatic rings. The van der Waals surface area contributed by atoms with E-state index in [0.29, 0.717) is 12.8 Å². The fourth-order valence-corrected chi connectivity index (χ4v) is 0.482. The smallest absolute Gasteiger partial charge is 0.129 e. The summed E-state index contributed by atoms with van der Waals surface area (Å²) in [7, 11) is 0. The third-order valence-electron chi connectivity index (χ3n) is 0.910. The van der Waals surface area contributed by atoms with Crippen LogP contribution in [0.1, 0.15) is 26.2 Å². The maximum atomic E-state index is 10.2. The number of carboxylic acids is 1. The molecule has 0 rings (SSSR count). The van der Waals surface area contributed by atoms with Gasteiger partial charge < -0.3 is 14.7 Å². The van der Waals surface area contributed by atoms with Gasteiger partial charge in [0.1, 0.15) is 5.78 Å². The zero-order valence-corrected chi connectivity index (χ0v) is 5.35. The first kappa shape index (κ1) is 8.14. The molecule has 0 bridgehead atoms. The fourth-order valence-electron chi connectivity index (χ4n) is 0.482. The largest absolute Gasteiger partial charge is 0.550 e. The van der Waals surface area contributed by atoms with Crippen molar-refractivity contribution in [2.45, 2.75) is 26.2 Å². The molecule has 0 N–H and O–H groups in total. The van der Waals surface area contributed by atoms with Gasteiger partial charge in [0, 0.05) is 12.4 Å². The van der Waals surface area contributed by atoms with Gasteiger partial charge in [0.05, 0.1) is 0 Å². The molecular weight excluding hydrogens is 120 g/mol. The number of hydrogen-bond acceptors (Lipinski definition) is 3. The molecule has 0 radical (unpaired) electrons. The average Bonchev–Trinajstić information content (AvgIpc) is 1.63. The lowest BCUT2D eigenvalue weighted by atomic mass is 10.2. The Kier molecular flexibility index (Phi) is 3.67. The molecule has 0 atom stereocenters.